The second-order valence-electron chi connectivity index (χ2n) is 7.47. The number of hydrogen-bond acceptors (Lipinski definition) is 2. The van der Waals surface area contributed by atoms with Crippen LogP contribution in [0.2, 0.25) is 0 Å². The second-order valence-corrected chi connectivity index (χ2v) is 8.38. The van der Waals surface area contributed by atoms with Crippen LogP contribution in [-0.2, 0) is 10.2 Å². The molecule has 0 unspecified atom stereocenters. The summed E-state index contributed by atoms with van der Waals surface area (Å²) in [5, 5.41) is 9.25. The summed E-state index contributed by atoms with van der Waals surface area (Å²) in [5.41, 5.74) is 0.935. The summed E-state index contributed by atoms with van der Waals surface area (Å²) in [7, 11) is 1.70. The fourth-order valence-electron chi connectivity index (χ4n) is 2.15. The van der Waals surface area contributed by atoms with Crippen LogP contribution in [0, 0.1) is 0 Å². The third-order valence-electron chi connectivity index (χ3n) is 3.48. The van der Waals surface area contributed by atoms with Gasteiger partial charge in [-0.3, -0.25) is 9.79 Å². The first-order valence-electron chi connectivity index (χ1n) is 8.05. The maximum absolute atomic E-state index is 11.9. The molecule has 142 valence electrons. The van der Waals surface area contributed by atoms with E-state index in [0.717, 1.165) is 4.47 Å². The predicted octanol–water partition coefficient (Wildman–Crippen LogP) is 3.42. The van der Waals surface area contributed by atoms with Crippen LogP contribution in [0.5, 0.6) is 0 Å². The zero-order valence-corrected chi connectivity index (χ0v) is 19.8. The van der Waals surface area contributed by atoms with Crippen molar-refractivity contribution in [3.05, 3.63) is 34.3 Å². The Balaban J connectivity index is 0.00000576. The van der Waals surface area contributed by atoms with Gasteiger partial charge in [-0.05, 0) is 38.5 Å². The highest BCUT2D eigenvalue weighted by atomic mass is 127. The molecule has 0 spiro atoms. The van der Waals surface area contributed by atoms with E-state index < -0.39 is 0 Å². The molecule has 0 heterocycles. The molecule has 0 radical (unpaired) electrons. The first-order valence-corrected chi connectivity index (χ1v) is 8.84. The lowest BCUT2D eigenvalue weighted by molar-refractivity contribution is -0.121. The maximum atomic E-state index is 11.9. The average molecular weight is 525 g/mol. The number of amides is 1. The molecule has 0 bridgehead atoms. The minimum absolute atomic E-state index is 0. The van der Waals surface area contributed by atoms with Crippen LogP contribution in [0.1, 0.15) is 40.2 Å². The van der Waals surface area contributed by atoms with Crippen molar-refractivity contribution < 1.29 is 4.79 Å². The largest absolute Gasteiger partial charge is 0.356 e. The van der Waals surface area contributed by atoms with Crippen molar-refractivity contribution in [2.75, 3.05) is 20.1 Å². The quantitative estimate of drug-likeness (QED) is 0.314. The highest BCUT2D eigenvalue weighted by Crippen LogP contribution is 2.23. The van der Waals surface area contributed by atoms with Gasteiger partial charge < -0.3 is 16.0 Å². The third-order valence-corrected chi connectivity index (χ3v) is 4.01. The Morgan fingerprint density at radius 2 is 1.64 bits per heavy atom. The van der Waals surface area contributed by atoms with E-state index in [2.05, 4.69) is 62.9 Å². The first-order chi connectivity index (χ1) is 11.0. The molecule has 0 aromatic heterocycles. The smallest absolute Gasteiger partial charge is 0.239 e. The lowest BCUT2D eigenvalue weighted by Crippen LogP contribution is -2.49. The number of benzene rings is 1. The molecule has 1 amide bonds. The molecule has 1 aromatic carbocycles. The Morgan fingerprint density at radius 1 is 1.08 bits per heavy atom. The summed E-state index contributed by atoms with van der Waals surface area (Å²) in [4.78, 5) is 16.0. The standard InChI is InChI=1S/C18H29BrN4O.HI/c1-17(2,3)23-15(24)11-21-16(20-6)22-12-18(4,5)13-7-9-14(19)10-8-13;/h7-10H,11-12H2,1-6H3,(H,23,24)(H2,20,21,22);1H. The highest BCUT2D eigenvalue weighted by Gasteiger charge is 2.21. The molecular formula is C18H30BrIN4O. The van der Waals surface area contributed by atoms with E-state index in [1.165, 1.54) is 5.56 Å². The zero-order chi connectivity index (χ0) is 18.4. The number of hydrogen-bond donors (Lipinski definition) is 3. The van der Waals surface area contributed by atoms with Crippen molar-refractivity contribution in [1.82, 2.24) is 16.0 Å². The summed E-state index contributed by atoms with van der Waals surface area (Å²) >= 11 is 3.46. The van der Waals surface area contributed by atoms with Gasteiger partial charge in [0.15, 0.2) is 5.96 Å². The van der Waals surface area contributed by atoms with Gasteiger partial charge in [0.05, 0.1) is 6.54 Å². The normalized spacial score (nSPS) is 12.2. The van der Waals surface area contributed by atoms with Gasteiger partial charge in [-0.25, -0.2) is 0 Å². The fraction of sp³-hybridized carbons (Fsp3) is 0.556. The lowest BCUT2D eigenvalue weighted by atomic mass is 9.85. The fourth-order valence-corrected chi connectivity index (χ4v) is 2.42. The van der Waals surface area contributed by atoms with Crippen molar-refractivity contribution in [2.24, 2.45) is 4.99 Å². The van der Waals surface area contributed by atoms with E-state index >= 15 is 0 Å². The van der Waals surface area contributed by atoms with E-state index in [-0.39, 0.29) is 47.4 Å². The Kier molecular flexibility index (Phi) is 10.0. The van der Waals surface area contributed by atoms with Gasteiger partial charge in [-0.1, -0.05) is 41.9 Å². The molecule has 0 aliphatic rings. The van der Waals surface area contributed by atoms with Crippen LogP contribution in [0.25, 0.3) is 0 Å². The number of halogens is 2. The van der Waals surface area contributed by atoms with Gasteiger partial charge in [0.1, 0.15) is 0 Å². The summed E-state index contributed by atoms with van der Waals surface area (Å²) in [6.07, 6.45) is 0. The number of rotatable bonds is 5. The molecule has 5 nitrogen and oxygen atoms in total. The van der Waals surface area contributed by atoms with E-state index in [9.17, 15) is 4.79 Å². The number of nitrogens with one attached hydrogen (secondary N) is 3. The second kappa shape index (κ2) is 10.4. The zero-order valence-electron chi connectivity index (χ0n) is 15.9. The monoisotopic (exact) mass is 524 g/mol. The van der Waals surface area contributed by atoms with Gasteiger partial charge in [0.2, 0.25) is 5.91 Å². The van der Waals surface area contributed by atoms with Crippen LogP contribution >= 0.6 is 39.9 Å². The number of aliphatic imine (C=N–C) groups is 1. The molecule has 0 saturated heterocycles. The predicted molar refractivity (Wildman–Crippen MR) is 120 cm³/mol. The Morgan fingerprint density at radius 3 is 2.12 bits per heavy atom. The molecular weight excluding hydrogens is 495 g/mol. The van der Waals surface area contributed by atoms with Crippen LogP contribution in [0.15, 0.2) is 33.7 Å². The molecule has 0 atom stereocenters. The molecule has 0 saturated carbocycles. The van der Waals surface area contributed by atoms with Crippen LogP contribution < -0.4 is 16.0 Å². The van der Waals surface area contributed by atoms with Crippen LogP contribution in [0.3, 0.4) is 0 Å². The molecule has 3 N–H and O–H groups in total. The van der Waals surface area contributed by atoms with Crippen molar-refractivity contribution in [2.45, 2.75) is 45.6 Å². The summed E-state index contributed by atoms with van der Waals surface area (Å²) in [6.45, 7) is 11.1. The lowest BCUT2D eigenvalue weighted by Gasteiger charge is -2.27. The SMILES string of the molecule is CN=C(NCC(=O)NC(C)(C)C)NCC(C)(C)c1ccc(Br)cc1.I. The molecule has 7 heteroatoms. The summed E-state index contributed by atoms with van der Waals surface area (Å²) < 4.78 is 1.07. The number of carbonyl (C=O) groups excluding carboxylic acids is 1. The van der Waals surface area contributed by atoms with Crippen molar-refractivity contribution in [3.63, 3.8) is 0 Å². The van der Waals surface area contributed by atoms with E-state index in [4.69, 9.17) is 0 Å². The highest BCUT2D eigenvalue weighted by molar-refractivity contribution is 14.0. The topological polar surface area (TPSA) is 65.5 Å². The Hall–Kier alpha value is -0.830. The summed E-state index contributed by atoms with van der Waals surface area (Å²) in [5.74, 6) is 0.557. The van der Waals surface area contributed by atoms with Crippen molar-refractivity contribution in [3.8, 4) is 0 Å². The van der Waals surface area contributed by atoms with Crippen molar-refractivity contribution in [1.29, 1.82) is 0 Å². The summed E-state index contributed by atoms with van der Waals surface area (Å²) in [6, 6.07) is 8.31. The molecule has 1 aromatic rings. The van der Waals surface area contributed by atoms with Crippen LogP contribution in [0.4, 0.5) is 0 Å². The minimum atomic E-state index is -0.237. The Bertz CT molecular complexity index is 580. The van der Waals surface area contributed by atoms with E-state index in [1.807, 2.05) is 32.9 Å². The van der Waals surface area contributed by atoms with E-state index in [1.54, 1.807) is 7.05 Å². The molecule has 0 fully saturated rings. The number of carbonyl (C=O) groups is 1. The van der Waals surface area contributed by atoms with Crippen molar-refractivity contribution >= 4 is 51.8 Å². The van der Waals surface area contributed by atoms with Crippen LogP contribution in [-0.4, -0.2) is 37.5 Å². The number of nitrogens with zero attached hydrogens (tertiary/aromatic N) is 1. The minimum Gasteiger partial charge on any atom is -0.356 e. The van der Waals surface area contributed by atoms with Gasteiger partial charge in [-0.15, -0.1) is 24.0 Å². The van der Waals surface area contributed by atoms with Gasteiger partial charge >= 0.3 is 0 Å². The van der Waals surface area contributed by atoms with E-state index in [0.29, 0.717) is 12.5 Å². The molecule has 25 heavy (non-hydrogen) atoms. The number of guanidine groups is 1. The maximum Gasteiger partial charge on any atom is 0.239 e. The van der Waals surface area contributed by atoms with Gasteiger partial charge in [0, 0.05) is 29.0 Å². The van der Waals surface area contributed by atoms with Gasteiger partial charge in [-0.2, -0.15) is 0 Å². The third kappa shape index (κ3) is 9.44. The first kappa shape index (κ1) is 24.2. The van der Waals surface area contributed by atoms with Gasteiger partial charge in [0.25, 0.3) is 0 Å². The average Bonchev–Trinajstić information content (AvgIpc) is 2.46. The molecule has 0 aliphatic carbocycles. The molecule has 1 rings (SSSR count). The molecule has 0 aliphatic heterocycles. The Labute approximate surface area is 177 Å².